The Labute approximate surface area is 179 Å². The van der Waals surface area contributed by atoms with Crippen molar-refractivity contribution in [2.75, 3.05) is 26.2 Å². The lowest BCUT2D eigenvalue weighted by molar-refractivity contribution is -0.127. The van der Waals surface area contributed by atoms with Gasteiger partial charge in [0.05, 0.1) is 6.04 Å². The van der Waals surface area contributed by atoms with Crippen LogP contribution in [0.5, 0.6) is 0 Å². The number of benzene rings is 3. The highest BCUT2D eigenvalue weighted by Crippen LogP contribution is 2.29. The first-order valence-electron chi connectivity index (χ1n) is 10.6. The smallest absolute Gasteiger partial charge is 0.246 e. The Morgan fingerprint density at radius 3 is 1.83 bits per heavy atom. The van der Waals surface area contributed by atoms with Crippen molar-refractivity contribution in [2.45, 2.75) is 13.0 Å². The van der Waals surface area contributed by atoms with Crippen LogP contribution in [-0.4, -0.2) is 41.9 Å². The quantitative estimate of drug-likeness (QED) is 0.570. The van der Waals surface area contributed by atoms with Crippen LogP contribution in [0.3, 0.4) is 0 Å². The van der Waals surface area contributed by atoms with Gasteiger partial charge < -0.3 is 4.90 Å². The Bertz CT molecular complexity index is 933. The van der Waals surface area contributed by atoms with Crippen molar-refractivity contribution in [3.05, 3.63) is 113 Å². The molecule has 1 fully saturated rings. The van der Waals surface area contributed by atoms with E-state index in [4.69, 9.17) is 0 Å². The zero-order chi connectivity index (χ0) is 20.8. The normalized spacial score (nSPS) is 15.1. The van der Waals surface area contributed by atoms with Gasteiger partial charge in [-0.3, -0.25) is 9.69 Å². The molecule has 3 aromatic carbocycles. The van der Waals surface area contributed by atoms with Crippen LogP contribution in [0, 0.1) is 6.92 Å². The van der Waals surface area contributed by atoms with Crippen LogP contribution in [0.1, 0.15) is 28.3 Å². The second-order valence-electron chi connectivity index (χ2n) is 7.83. The van der Waals surface area contributed by atoms with Crippen LogP contribution < -0.4 is 0 Å². The van der Waals surface area contributed by atoms with E-state index in [1.54, 1.807) is 6.08 Å². The fourth-order valence-corrected chi connectivity index (χ4v) is 4.04. The largest absolute Gasteiger partial charge is 0.337 e. The van der Waals surface area contributed by atoms with Gasteiger partial charge in [-0.15, -0.1) is 0 Å². The highest BCUT2D eigenvalue weighted by molar-refractivity contribution is 5.91. The first-order chi connectivity index (χ1) is 14.7. The monoisotopic (exact) mass is 396 g/mol. The Morgan fingerprint density at radius 1 is 0.767 bits per heavy atom. The standard InChI is InChI=1S/C27H28N2O/c1-22-12-14-23(15-13-22)16-17-26(30)28-18-20-29(21-19-28)27(24-8-4-2-5-9-24)25-10-6-3-7-11-25/h2-17,27H,18-21H2,1H3/b17-16+. The maximum absolute atomic E-state index is 12.7. The maximum Gasteiger partial charge on any atom is 0.246 e. The van der Waals surface area contributed by atoms with E-state index in [2.05, 4.69) is 84.6 Å². The number of hydrogen-bond donors (Lipinski definition) is 0. The number of aryl methyl sites for hydroxylation is 1. The number of hydrogen-bond acceptors (Lipinski definition) is 2. The van der Waals surface area contributed by atoms with Gasteiger partial charge in [0.1, 0.15) is 0 Å². The lowest BCUT2D eigenvalue weighted by atomic mass is 9.96. The van der Waals surface area contributed by atoms with E-state index in [1.165, 1.54) is 16.7 Å². The van der Waals surface area contributed by atoms with Crippen molar-refractivity contribution >= 4 is 12.0 Å². The molecule has 0 atom stereocenters. The molecule has 3 heteroatoms. The summed E-state index contributed by atoms with van der Waals surface area (Å²) in [6.07, 6.45) is 3.61. The first-order valence-corrected chi connectivity index (χ1v) is 10.6. The summed E-state index contributed by atoms with van der Waals surface area (Å²) in [5.74, 6) is 0.0891. The molecule has 3 nitrogen and oxygen atoms in total. The number of rotatable bonds is 5. The fraction of sp³-hybridized carbons (Fsp3) is 0.222. The van der Waals surface area contributed by atoms with E-state index < -0.39 is 0 Å². The third kappa shape index (κ3) is 4.87. The van der Waals surface area contributed by atoms with Crippen LogP contribution in [0.15, 0.2) is 91.0 Å². The van der Waals surface area contributed by atoms with Gasteiger partial charge in [0, 0.05) is 32.3 Å². The molecule has 1 amide bonds. The third-order valence-electron chi connectivity index (χ3n) is 5.72. The average Bonchev–Trinajstić information content (AvgIpc) is 2.81. The van der Waals surface area contributed by atoms with Crippen LogP contribution >= 0.6 is 0 Å². The van der Waals surface area contributed by atoms with E-state index in [9.17, 15) is 4.79 Å². The summed E-state index contributed by atoms with van der Waals surface area (Å²) in [6, 6.07) is 29.7. The third-order valence-corrected chi connectivity index (χ3v) is 5.72. The van der Waals surface area contributed by atoms with Crippen LogP contribution in [-0.2, 0) is 4.79 Å². The van der Waals surface area contributed by atoms with E-state index in [-0.39, 0.29) is 11.9 Å². The van der Waals surface area contributed by atoms with Crippen molar-refractivity contribution in [1.29, 1.82) is 0 Å². The maximum atomic E-state index is 12.7. The molecule has 4 rings (SSSR count). The zero-order valence-electron chi connectivity index (χ0n) is 17.4. The molecular weight excluding hydrogens is 368 g/mol. The van der Waals surface area contributed by atoms with Gasteiger partial charge in [0.25, 0.3) is 0 Å². The second kappa shape index (κ2) is 9.55. The molecule has 0 saturated carbocycles. The van der Waals surface area contributed by atoms with Gasteiger partial charge in [0.2, 0.25) is 5.91 Å². The number of nitrogens with zero attached hydrogens (tertiary/aromatic N) is 2. The SMILES string of the molecule is Cc1ccc(/C=C/C(=O)N2CCN(C(c3ccccc3)c3ccccc3)CC2)cc1. The van der Waals surface area contributed by atoms with Gasteiger partial charge in [0.15, 0.2) is 0 Å². The van der Waals surface area contributed by atoms with Gasteiger partial charge in [-0.25, -0.2) is 0 Å². The topological polar surface area (TPSA) is 23.6 Å². The van der Waals surface area contributed by atoms with Crippen molar-refractivity contribution in [3.8, 4) is 0 Å². The van der Waals surface area contributed by atoms with Crippen molar-refractivity contribution in [1.82, 2.24) is 9.80 Å². The second-order valence-corrected chi connectivity index (χ2v) is 7.83. The molecule has 1 heterocycles. The molecule has 0 aromatic heterocycles. The van der Waals surface area contributed by atoms with Gasteiger partial charge >= 0.3 is 0 Å². The Balaban J connectivity index is 1.43. The van der Waals surface area contributed by atoms with Gasteiger partial charge in [-0.1, -0.05) is 90.5 Å². The molecule has 0 N–H and O–H groups in total. The Kier molecular flexibility index (Phi) is 6.41. The van der Waals surface area contributed by atoms with Crippen LogP contribution in [0.4, 0.5) is 0 Å². The van der Waals surface area contributed by atoms with Crippen LogP contribution in [0.25, 0.3) is 6.08 Å². The molecule has 1 saturated heterocycles. The van der Waals surface area contributed by atoms with Crippen molar-refractivity contribution in [2.24, 2.45) is 0 Å². The number of piperazine rings is 1. The van der Waals surface area contributed by atoms with E-state index in [0.29, 0.717) is 0 Å². The minimum atomic E-state index is 0.0891. The summed E-state index contributed by atoms with van der Waals surface area (Å²) in [5.41, 5.74) is 4.87. The number of carbonyl (C=O) groups excluding carboxylic acids is 1. The summed E-state index contributed by atoms with van der Waals surface area (Å²) >= 11 is 0. The molecule has 3 aromatic rings. The summed E-state index contributed by atoms with van der Waals surface area (Å²) in [5, 5.41) is 0. The summed E-state index contributed by atoms with van der Waals surface area (Å²) in [7, 11) is 0. The lowest BCUT2D eigenvalue weighted by Gasteiger charge is -2.39. The van der Waals surface area contributed by atoms with E-state index in [0.717, 1.165) is 31.7 Å². The zero-order valence-corrected chi connectivity index (χ0v) is 17.4. The minimum absolute atomic E-state index is 0.0891. The minimum Gasteiger partial charge on any atom is -0.337 e. The fourth-order valence-electron chi connectivity index (χ4n) is 4.04. The van der Waals surface area contributed by atoms with Gasteiger partial charge in [-0.05, 0) is 29.7 Å². The highest BCUT2D eigenvalue weighted by Gasteiger charge is 2.27. The number of carbonyl (C=O) groups is 1. The number of amides is 1. The van der Waals surface area contributed by atoms with Crippen molar-refractivity contribution < 1.29 is 4.79 Å². The highest BCUT2D eigenvalue weighted by atomic mass is 16.2. The van der Waals surface area contributed by atoms with Crippen molar-refractivity contribution in [3.63, 3.8) is 0 Å². The molecule has 1 aliphatic heterocycles. The predicted octanol–water partition coefficient (Wildman–Crippen LogP) is 4.94. The average molecular weight is 397 g/mol. The molecule has 0 spiro atoms. The molecular formula is C27H28N2O. The van der Waals surface area contributed by atoms with Crippen LogP contribution in [0.2, 0.25) is 0 Å². The Morgan fingerprint density at radius 2 is 1.30 bits per heavy atom. The molecule has 152 valence electrons. The summed E-state index contributed by atoms with van der Waals surface area (Å²) < 4.78 is 0. The summed E-state index contributed by atoms with van der Waals surface area (Å²) in [4.78, 5) is 17.1. The van der Waals surface area contributed by atoms with E-state index in [1.807, 2.05) is 23.1 Å². The molecule has 0 unspecified atom stereocenters. The molecule has 0 bridgehead atoms. The Hall–Kier alpha value is -3.17. The van der Waals surface area contributed by atoms with Gasteiger partial charge in [-0.2, -0.15) is 0 Å². The molecule has 0 radical (unpaired) electrons. The summed E-state index contributed by atoms with van der Waals surface area (Å²) in [6.45, 7) is 5.27. The molecule has 1 aliphatic rings. The van der Waals surface area contributed by atoms with E-state index >= 15 is 0 Å². The molecule has 0 aliphatic carbocycles. The molecule has 30 heavy (non-hydrogen) atoms. The predicted molar refractivity (Wildman–Crippen MR) is 123 cm³/mol. The first kappa shape index (κ1) is 20.1. The lowest BCUT2D eigenvalue weighted by Crippen LogP contribution is -2.49.